The number of hydrogen-bond acceptors (Lipinski definition) is 7. The number of thioether (sulfide) groups is 1. The van der Waals surface area contributed by atoms with Crippen molar-refractivity contribution in [3.63, 3.8) is 0 Å². The minimum Gasteiger partial charge on any atom is -0.296 e. The van der Waals surface area contributed by atoms with Crippen LogP contribution in [-0.4, -0.2) is 31.8 Å². The summed E-state index contributed by atoms with van der Waals surface area (Å²) >= 11 is 2.96. The van der Waals surface area contributed by atoms with Crippen LogP contribution in [0.4, 0.5) is 5.13 Å². The third kappa shape index (κ3) is 3.17. The van der Waals surface area contributed by atoms with Crippen LogP contribution < -0.4 is 5.32 Å². The standard InChI is InChI=1S/C13H11N5OS2/c1-2-20-13-18-17-12(21-13)16-11(19)8-3-4-9-10(7-8)15-6-5-14-9/h3-7H,2H2,1H3,(H,16,17,19). The van der Waals surface area contributed by atoms with Crippen molar-refractivity contribution in [3.8, 4) is 0 Å². The predicted octanol–water partition coefficient (Wildman–Crippen LogP) is 2.85. The predicted molar refractivity (Wildman–Crippen MR) is 83.8 cm³/mol. The van der Waals surface area contributed by atoms with Gasteiger partial charge in [0.1, 0.15) is 0 Å². The zero-order valence-corrected chi connectivity index (χ0v) is 12.7. The molecule has 2 heterocycles. The van der Waals surface area contributed by atoms with E-state index in [1.807, 2.05) is 6.92 Å². The highest BCUT2D eigenvalue weighted by Gasteiger charge is 2.11. The first kappa shape index (κ1) is 13.9. The van der Waals surface area contributed by atoms with E-state index in [1.165, 1.54) is 11.3 Å². The summed E-state index contributed by atoms with van der Waals surface area (Å²) in [6, 6.07) is 5.20. The maximum absolute atomic E-state index is 12.2. The number of anilines is 1. The highest BCUT2D eigenvalue weighted by molar-refractivity contribution is 8.01. The SMILES string of the molecule is CCSc1nnc(NC(=O)c2ccc3nccnc3c2)s1. The van der Waals surface area contributed by atoms with E-state index < -0.39 is 0 Å². The Morgan fingerprint density at radius 1 is 1.24 bits per heavy atom. The molecule has 8 heteroatoms. The van der Waals surface area contributed by atoms with E-state index in [2.05, 4.69) is 25.5 Å². The van der Waals surface area contributed by atoms with Gasteiger partial charge in [-0.2, -0.15) is 0 Å². The van der Waals surface area contributed by atoms with Gasteiger partial charge in [0.25, 0.3) is 5.91 Å². The van der Waals surface area contributed by atoms with Crippen LogP contribution in [0.2, 0.25) is 0 Å². The number of amides is 1. The lowest BCUT2D eigenvalue weighted by atomic mass is 10.2. The number of hydrogen-bond donors (Lipinski definition) is 1. The van der Waals surface area contributed by atoms with Crippen LogP contribution in [0.25, 0.3) is 11.0 Å². The Morgan fingerprint density at radius 3 is 2.86 bits per heavy atom. The number of fused-ring (bicyclic) bond motifs is 1. The summed E-state index contributed by atoms with van der Waals surface area (Å²) in [7, 11) is 0. The molecule has 1 aromatic carbocycles. The van der Waals surface area contributed by atoms with Crippen LogP contribution in [-0.2, 0) is 0 Å². The number of nitrogens with zero attached hydrogens (tertiary/aromatic N) is 4. The molecule has 2 aromatic heterocycles. The molecule has 1 amide bonds. The van der Waals surface area contributed by atoms with Crippen LogP contribution in [0, 0.1) is 0 Å². The Balaban J connectivity index is 1.79. The third-order valence-electron chi connectivity index (χ3n) is 2.63. The second kappa shape index (κ2) is 6.15. The van der Waals surface area contributed by atoms with Crippen molar-refractivity contribution in [1.82, 2.24) is 20.2 Å². The molecular formula is C13H11N5OS2. The lowest BCUT2D eigenvalue weighted by Gasteiger charge is -2.02. The summed E-state index contributed by atoms with van der Waals surface area (Å²) in [6.45, 7) is 2.04. The van der Waals surface area contributed by atoms with Gasteiger partial charge in [0.15, 0.2) is 4.34 Å². The Morgan fingerprint density at radius 2 is 2.05 bits per heavy atom. The molecule has 3 rings (SSSR count). The molecule has 6 nitrogen and oxygen atoms in total. The van der Waals surface area contributed by atoms with E-state index in [-0.39, 0.29) is 5.91 Å². The first-order valence-electron chi connectivity index (χ1n) is 6.24. The Bertz CT molecular complexity index is 789. The molecule has 0 bridgehead atoms. The van der Waals surface area contributed by atoms with Gasteiger partial charge in [-0.15, -0.1) is 10.2 Å². The van der Waals surface area contributed by atoms with Crippen molar-refractivity contribution in [2.45, 2.75) is 11.3 Å². The quantitative estimate of drug-likeness (QED) is 0.588. The first-order valence-corrected chi connectivity index (χ1v) is 8.05. The van der Waals surface area contributed by atoms with Crippen molar-refractivity contribution in [3.05, 3.63) is 36.2 Å². The normalized spacial score (nSPS) is 10.7. The molecule has 0 fully saturated rings. The van der Waals surface area contributed by atoms with Crippen LogP contribution in [0.3, 0.4) is 0 Å². The van der Waals surface area contributed by atoms with Crippen molar-refractivity contribution in [2.24, 2.45) is 0 Å². The molecule has 0 saturated heterocycles. The molecule has 1 N–H and O–H groups in total. The molecule has 3 aromatic rings. The maximum atomic E-state index is 12.2. The smallest absolute Gasteiger partial charge is 0.257 e. The number of nitrogens with one attached hydrogen (secondary N) is 1. The molecule has 0 aliphatic carbocycles. The number of benzene rings is 1. The highest BCUT2D eigenvalue weighted by Crippen LogP contribution is 2.25. The topological polar surface area (TPSA) is 80.7 Å². The summed E-state index contributed by atoms with van der Waals surface area (Å²) < 4.78 is 0.845. The van der Waals surface area contributed by atoms with Crippen LogP contribution in [0.15, 0.2) is 34.9 Å². The molecular weight excluding hydrogens is 306 g/mol. The number of carbonyl (C=O) groups is 1. The van der Waals surface area contributed by atoms with Crippen LogP contribution >= 0.6 is 23.1 Å². The molecule has 0 atom stereocenters. The lowest BCUT2D eigenvalue weighted by molar-refractivity contribution is 0.102. The molecule has 0 aliphatic heterocycles. The van der Waals surface area contributed by atoms with E-state index in [4.69, 9.17) is 0 Å². The van der Waals surface area contributed by atoms with Gasteiger partial charge in [-0.05, 0) is 24.0 Å². The van der Waals surface area contributed by atoms with Gasteiger partial charge in [-0.3, -0.25) is 20.1 Å². The van der Waals surface area contributed by atoms with Gasteiger partial charge in [0.2, 0.25) is 5.13 Å². The largest absolute Gasteiger partial charge is 0.296 e. The van der Waals surface area contributed by atoms with E-state index in [0.29, 0.717) is 16.2 Å². The van der Waals surface area contributed by atoms with E-state index in [1.54, 1.807) is 42.4 Å². The summed E-state index contributed by atoms with van der Waals surface area (Å²) in [5.74, 6) is 0.693. The first-order chi connectivity index (χ1) is 10.3. The Labute approximate surface area is 129 Å². The zero-order chi connectivity index (χ0) is 14.7. The molecule has 21 heavy (non-hydrogen) atoms. The lowest BCUT2D eigenvalue weighted by Crippen LogP contribution is -2.11. The van der Waals surface area contributed by atoms with E-state index in [0.717, 1.165) is 15.6 Å². The summed E-state index contributed by atoms with van der Waals surface area (Å²) in [6.07, 6.45) is 3.22. The second-order valence-electron chi connectivity index (χ2n) is 4.02. The number of carbonyl (C=O) groups excluding carboxylic acids is 1. The summed E-state index contributed by atoms with van der Waals surface area (Å²) in [5, 5.41) is 11.2. The minimum atomic E-state index is -0.230. The molecule has 106 valence electrons. The Hall–Kier alpha value is -2.06. The molecule has 0 radical (unpaired) electrons. The number of rotatable bonds is 4. The van der Waals surface area contributed by atoms with Gasteiger partial charge in [-0.1, -0.05) is 30.0 Å². The van der Waals surface area contributed by atoms with Crippen LogP contribution in [0.1, 0.15) is 17.3 Å². The van der Waals surface area contributed by atoms with Gasteiger partial charge in [-0.25, -0.2) is 0 Å². The van der Waals surface area contributed by atoms with Gasteiger partial charge in [0, 0.05) is 18.0 Å². The second-order valence-corrected chi connectivity index (χ2v) is 6.51. The minimum absolute atomic E-state index is 0.230. The summed E-state index contributed by atoms with van der Waals surface area (Å²) in [4.78, 5) is 20.6. The molecule has 0 aliphatic rings. The van der Waals surface area contributed by atoms with Crippen molar-refractivity contribution >= 4 is 45.2 Å². The van der Waals surface area contributed by atoms with Gasteiger partial charge < -0.3 is 0 Å². The fourth-order valence-electron chi connectivity index (χ4n) is 1.72. The maximum Gasteiger partial charge on any atom is 0.257 e. The summed E-state index contributed by atoms with van der Waals surface area (Å²) in [5.41, 5.74) is 1.96. The van der Waals surface area contributed by atoms with E-state index >= 15 is 0 Å². The number of aromatic nitrogens is 4. The average Bonchev–Trinajstić information content (AvgIpc) is 2.94. The van der Waals surface area contributed by atoms with Gasteiger partial charge in [0.05, 0.1) is 11.0 Å². The fourth-order valence-corrected chi connectivity index (χ4v) is 3.36. The fraction of sp³-hybridized carbons (Fsp3) is 0.154. The Kier molecular flexibility index (Phi) is 4.07. The monoisotopic (exact) mass is 317 g/mol. The highest BCUT2D eigenvalue weighted by atomic mass is 32.2. The van der Waals surface area contributed by atoms with Gasteiger partial charge >= 0.3 is 0 Å². The zero-order valence-electron chi connectivity index (χ0n) is 11.1. The molecule has 0 saturated carbocycles. The molecule has 0 unspecified atom stereocenters. The van der Waals surface area contributed by atoms with E-state index in [9.17, 15) is 4.79 Å². The van der Waals surface area contributed by atoms with Crippen molar-refractivity contribution < 1.29 is 4.79 Å². The average molecular weight is 317 g/mol. The molecule has 0 spiro atoms. The third-order valence-corrected chi connectivity index (χ3v) is 4.48. The van der Waals surface area contributed by atoms with Crippen LogP contribution in [0.5, 0.6) is 0 Å². The van der Waals surface area contributed by atoms with Crippen molar-refractivity contribution in [1.29, 1.82) is 0 Å². The van der Waals surface area contributed by atoms with Crippen molar-refractivity contribution in [2.75, 3.05) is 11.1 Å².